The number of aromatic nitrogens is 1. The third kappa shape index (κ3) is 2.78. The third-order valence-corrected chi connectivity index (χ3v) is 4.12. The molecule has 1 aliphatic heterocycles. The fourth-order valence-corrected chi connectivity index (χ4v) is 2.99. The number of nitrogens with zero attached hydrogens (tertiary/aromatic N) is 2. The fraction of sp³-hybridized carbons (Fsp3) is 0.615. The smallest absolute Gasteiger partial charge is 0.246 e. The Labute approximate surface area is 117 Å². The predicted octanol–water partition coefficient (Wildman–Crippen LogP) is 1.40. The lowest BCUT2D eigenvalue weighted by atomic mass is 9.96. The van der Waals surface area contributed by atoms with E-state index in [2.05, 4.69) is 10.3 Å². The summed E-state index contributed by atoms with van der Waals surface area (Å²) >= 11 is 1.51. The van der Waals surface area contributed by atoms with Gasteiger partial charge < -0.3 is 10.2 Å². The molecule has 2 heterocycles. The first-order valence-electron chi connectivity index (χ1n) is 6.52. The minimum Gasteiger partial charge on any atom is -0.343 e. The molecule has 1 aromatic rings. The molecule has 19 heavy (non-hydrogen) atoms. The molecule has 1 aromatic heterocycles. The minimum absolute atomic E-state index is 0.00852. The highest BCUT2D eigenvalue weighted by molar-refractivity contribution is 7.09. The molecule has 0 aromatic carbocycles. The predicted molar refractivity (Wildman–Crippen MR) is 73.5 cm³/mol. The van der Waals surface area contributed by atoms with E-state index in [9.17, 15) is 9.59 Å². The number of thiazole rings is 1. The number of amides is 2. The molecular formula is C13H19N3O2S. The molecule has 2 amide bonds. The Hall–Kier alpha value is -1.43. The molecule has 6 heteroatoms. The molecule has 0 saturated carbocycles. The number of nitrogens with one attached hydrogen (secondary N) is 1. The van der Waals surface area contributed by atoms with Crippen molar-refractivity contribution in [3.05, 3.63) is 16.6 Å². The van der Waals surface area contributed by atoms with Crippen LogP contribution in [-0.2, 0) is 16.1 Å². The van der Waals surface area contributed by atoms with Crippen molar-refractivity contribution < 1.29 is 9.59 Å². The summed E-state index contributed by atoms with van der Waals surface area (Å²) in [7, 11) is 0. The van der Waals surface area contributed by atoms with Gasteiger partial charge in [-0.25, -0.2) is 0 Å². The Balaban J connectivity index is 2.26. The Kier molecular flexibility index (Phi) is 4.19. The zero-order valence-corrected chi connectivity index (χ0v) is 12.2. The van der Waals surface area contributed by atoms with Gasteiger partial charge in [-0.15, -0.1) is 11.3 Å². The molecule has 0 bridgehead atoms. The molecule has 0 aliphatic carbocycles. The monoisotopic (exact) mass is 281 g/mol. The van der Waals surface area contributed by atoms with Gasteiger partial charge in [0.1, 0.15) is 12.1 Å². The Morgan fingerprint density at radius 1 is 1.47 bits per heavy atom. The van der Waals surface area contributed by atoms with Crippen molar-refractivity contribution in [1.29, 1.82) is 0 Å². The number of carbonyl (C=O) groups excluding carboxylic acids is 2. The number of hydrogen-bond acceptors (Lipinski definition) is 4. The fourth-order valence-electron chi connectivity index (χ4n) is 2.40. The van der Waals surface area contributed by atoms with Crippen molar-refractivity contribution in [2.45, 2.75) is 45.8 Å². The highest BCUT2D eigenvalue weighted by Gasteiger charge is 2.41. The molecule has 0 spiro atoms. The summed E-state index contributed by atoms with van der Waals surface area (Å²) in [6, 6.07) is -0.784. The highest BCUT2D eigenvalue weighted by atomic mass is 32.1. The number of hydrogen-bond donors (Lipinski definition) is 1. The van der Waals surface area contributed by atoms with Crippen molar-refractivity contribution >= 4 is 23.2 Å². The van der Waals surface area contributed by atoms with E-state index in [0.29, 0.717) is 13.0 Å². The molecule has 1 aliphatic rings. The van der Waals surface area contributed by atoms with Gasteiger partial charge in [-0.1, -0.05) is 20.8 Å². The molecule has 5 nitrogen and oxygen atoms in total. The Morgan fingerprint density at radius 2 is 2.21 bits per heavy atom. The molecule has 1 saturated heterocycles. The molecule has 0 radical (unpaired) electrons. The van der Waals surface area contributed by atoms with Gasteiger partial charge in [-0.3, -0.25) is 14.6 Å². The lowest BCUT2D eigenvalue weighted by molar-refractivity contribution is -0.152. The van der Waals surface area contributed by atoms with Crippen molar-refractivity contribution in [3.8, 4) is 0 Å². The van der Waals surface area contributed by atoms with Gasteiger partial charge in [-0.05, 0) is 12.3 Å². The van der Waals surface area contributed by atoms with Gasteiger partial charge in [0.15, 0.2) is 0 Å². The van der Waals surface area contributed by atoms with Gasteiger partial charge in [0.05, 0.1) is 12.1 Å². The lowest BCUT2D eigenvalue weighted by Gasteiger charge is -2.40. The molecule has 2 unspecified atom stereocenters. The van der Waals surface area contributed by atoms with Crippen LogP contribution in [0.3, 0.4) is 0 Å². The van der Waals surface area contributed by atoms with Crippen LogP contribution in [0.4, 0.5) is 0 Å². The maximum absolute atomic E-state index is 12.4. The molecule has 104 valence electrons. The van der Waals surface area contributed by atoms with E-state index in [1.807, 2.05) is 20.8 Å². The van der Waals surface area contributed by atoms with Crippen molar-refractivity contribution in [3.63, 3.8) is 0 Å². The Bertz CT molecular complexity index is 458. The number of carbonyl (C=O) groups is 2. The topological polar surface area (TPSA) is 62.3 Å². The van der Waals surface area contributed by atoms with Gasteiger partial charge in [-0.2, -0.15) is 0 Å². The van der Waals surface area contributed by atoms with Crippen LogP contribution >= 0.6 is 11.3 Å². The quantitative estimate of drug-likeness (QED) is 0.907. The molecule has 1 fully saturated rings. The van der Waals surface area contributed by atoms with Crippen molar-refractivity contribution in [2.24, 2.45) is 5.92 Å². The SMILES string of the molecule is CCC1NC(=O)C(C(C)C)N(Cc2cncs2)C1=O. The zero-order chi connectivity index (χ0) is 14.0. The van der Waals surface area contributed by atoms with E-state index in [1.165, 1.54) is 11.3 Å². The summed E-state index contributed by atoms with van der Waals surface area (Å²) in [5.74, 6) is 0.0508. The summed E-state index contributed by atoms with van der Waals surface area (Å²) in [4.78, 5) is 31.3. The first kappa shape index (κ1) is 14.0. The second-order valence-electron chi connectivity index (χ2n) is 5.09. The first-order valence-corrected chi connectivity index (χ1v) is 7.40. The van der Waals surface area contributed by atoms with E-state index >= 15 is 0 Å². The summed E-state index contributed by atoms with van der Waals surface area (Å²) in [5, 5.41) is 2.81. The lowest BCUT2D eigenvalue weighted by Crippen LogP contribution is -2.64. The normalized spacial score (nSPS) is 23.9. The molecule has 2 rings (SSSR count). The maximum Gasteiger partial charge on any atom is 0.246 e. The van der Waals surface area contributed by atoms with Gasteiger partial charge in [0, 0.05) is 11.1 Å². The van der Waals surface area contributed by atoms with Gasteiger partial charge >= 0.3 is 0 Å². The highest BCUT2D eigenvalue weighted by Crippen LogP contribution is 2.22. The van der Waals surface area contributed by atoms with E-state index in [4.69, 9.17) is 0 Å². The maximum atomic E-state index is 12.4. The summed E-state index contributed by atoms with van der Waals surface area (Å²) < 4.78 is 0. The van der Waals surface area contributed by atoms with E-state index in [1.54, 1.807) is 16.6 Å². The minimum atomic E-state index is -0.393. The standard InChI is InChI=1S/C13H19N3O2S/c1-4-10-13(18)16(6-9-5-14-7-19-9)11(8(2)3)12(17)15-10/h5,7-8,10-11H,4,6H2,1-3H3,(H,15,17). The molecule has 1 N–H and O–H groups in total. The first-order chi connectivity index (χ1) is 9.04. The zero-order valence-electron chi connectivity index (χ0n) is 11.4. The van der Waals surface area contributed by atoms with E-state index in [0.717, 1.165) is 4.88 Å². The van der Waals surface area contributed by atoms with Gasteiger partial charge in [0.25, 0.3) is 0 Å². The molecular weight excluding hydrogens is 262 g/mol. The van der Waals surface area contributed by atoms with Crippen LogP contribution in [0.1, 0.15) is 32.1 Å². The number of rotatable bonds is 4. The van der Waals surface area contributed by atoms with Crippen LogP contribution in [0.2, 0.25) is 0 Å². The molecule has 2 atom stereocenters. The van der Waals surface area contributed by atoms with Crippen LogP contribution < -0.4 is 5.32 Å². The van der Waals surface area contributed by atoms with Crippen molar-refractivity contribution in [2.75, 3.05) is 0 Å². The van der Waals surface area contributed by atoms with Gasteiger partial charge in [0.2, 0.25) is 11.8 Å². The third-order valence-electron chi connectivity index (χ3n) is 3.35. The second-order valence-corrected chi connectivity index (χ2v) is 6.06. The van der Waals surface area contributed by atoms with Crippen LogP contribution in [0, 0.1) is 5.92 Å². The largest absolute Gasteiger partial charge is 0.343 e. The summed E-state index contributed by atoms with van der Waals surface area (Å²) in [6.07, 6.45) is 2.37. The van der Waals surface area contributed by atoms with Crippen LogP contribution in [0.15, 0.2) is 11.7 Å². The average Bonchev–Trinajstić information content (AvgIpc) is 2.85. The second kappa shape index (κ2) is 5.69. The van der Waals surface area contributed by atoms with Crippen LogP contribution in [0.5, 0.6) is 0 Å². The average molecular weight is 281 g/mol. The van der Waals surface area contributed by atoms with Crippen LogP contribution in [0.25, 0.3) is 0 Å². The van der Waals surface area contributed by atoms with Crippen molar-refractivity contribution in [1.82, 2.24) is 15.2 Å². The summed E-state index contributed by atoms with van der Waals surface area (Å²) in [6.45, 7) is 6.30. The summed E-state index contributed by atoms with van der Waals surface area (Å²) in [5.41, 5.74) is 1.74. The van der Waals surface area contributed by atoms with Crippen LogP contribution in [-0.4, -0.2) is 33.8 Å². The number of piperazine rings is 1. The van der Waals surface area contributed by atoms with E-state index < -0.39 is 12.1 Å². The Morgan fingerprint density at radius 3 is 2.74 bits per heavy atom. The van der Waals surface area contributed by atoms with E-state index in [-0.39, 0.29) is 17.7 Å².